The molecule has 1 fully saturated rings. The highest BCUT2D eigenvalue weighted by Gasteiger charge is 2.45. The maximum atomic E-state index is 13.8. The van der Waals surface area contributed by atoms with Gasteiger partial charge in [-0.25, -0.2) is 4.79 Å². The molecule has 1 aliphatic heterocycles. The zero-order chi connectivity index (χ0) is 29.9. The summed E-state index contributed by atoms with van der Waals surface area (Å²) in [6.07, 6.45) is 3.39. The molecule has 1 aliphatic rings. The highest BCUT2D eigenvalue weighted by Crippen LogP contribution is 2.30. The van der Waals surface area contributed by atoms with E-state index in [2.05, 4.69) is 27.8 Å². The van der Waals surface area contributed by atoms with Crippen molar-refractivity contribution in [2.45, 2.75) is 78.4 Å². The van der Waals surface area contributed by atoms with Crippen LogP contribution in [0.2, 0.25) is 0 Å². The minimum absolute atomic E-state index is 0.0491. The number of urea groups is 1. The molecule has 1 unspecified atom stereocenters. The van der Waals surface area contributed by atoms with Gasteiger partial charge in [0.1, 0.15) is 12.1 Å². The van der Waals surface area contributed by atoms with Gasteiger partial charge in [0.05, 0.1) is 12.6 Å². The van der Waals surface area contributed by atoms with E-state index in [0.717, 1.165) is 6.42 Å². The van der Waals surface area contributed by atoms with Gasteiger partial charge < -0.3 is 31.1 Å². The molecule has 12 nitrogen and oxygen atoms in total. The fraction of sp³-hybridized carbons (Fsp3) is 0.704. The Morgan fingerprint density at radius 1 is 1.05 bits per heavy atom. The zero-order valence-electron chi connectivity index (χ0n) is 24.4. The molecule has 4 N–H and O–H groups in total. The van der Waals surface area contributed by atoms with Crippen LogP contribution in [0.15, 0.2) is 12.7 Å². The predicted molar refractivity (Wildman–Crippen MR) is 147 cm³/mol. The third-order valence-corrected chi connectivity index (χ3v) is 6.68. The molecule has 1 rings (SSSR count). The van der Waals surface area contributed by atoms with Gasteiger partial charge in [-0.2, -0.15) is 0 Å². The van der Waals surface area contributed by atoms with Crippen LogP contribution >= 0.6 is 0 Å². The third kappa shape index (κ3) is 9.99. The molecule has 0 aliphatic carbocycles. The Hall–Kier alpha value is -3.44. The summed E-state index contributed by atoms with van der Waals surface area (Å²) >= 11 is 0. The molecular weight excluding hydrogens is 504 g/mol. The van der Waals surface area contributed by atoms with Crippen LogP contribution in [-0.4, -0.2) is 97.1 Å². The number of likely N-dealkylation sites (N-methyl/N-ethyl adjacent to an activating group) is 1. The van der Waals surface area contributed by atoms with Gasteiger partial charge in [0.2, 0.25) is 23.5 Å². The Bertz CT molecular complexity index is 928. The fourth-order valence-corrected chi connectivity index (χ4v) is 4.26. The number of nitrogens with zero attached hydrogens (tertiary/aromatic N) is 2. The SMILES string of the molecule is C=CCNC(=O)C(=O)C(CCC)NC(=O)[C@@H]1C[C@@H](CC)CN1C(=O)[C@@H](NC(=O)NCC(=O)N(C)C)C(C)(C)C. The molecule has 0 bridgehead atoms. The summed E-state index contributed by atoms with van der Waals surface area (Å²) in [7, 11) is 3.14. The smallest absolute Gasteiger partial charge is 0.315 e. The lowest BCUT2D eigenvalue weighted by molar-refractivity contribution is -0.143. The van der Waals surface area contributed by atoms with Crippen LogP contribution in [0, 0.1) is 11.3 Å². The number of carbonyl (C=O) groups is 6. The molecule has 0 radical (unpaired) electrons. The monoisotopic (exact) mass is 550 g/mol. The van der Waals surface area contributed by atoms with Crippen LogP contribution in [0.3, 0.4) is 0 Å². The Morgan fingerprint density at radius 2 is 1.69 bits per heavy atom. The Balaban J connectivity index is 3.13. The molecule has 1 heterocycles. The first kappa shape index (κ1) is 33.6. The summed E-state index contributed by atoms with van der Waals surface area (Å²) in [5.74, 6) is -2.78. The van der Waals surface area contributed by atoms with Gasteiger partial charge >= 0.3 is 6.03 Å². The van der Waals surface area contributed by atoms with E-state index >= 15 is 0 Å². The van der Waals surface area contributed by atoms with Crippen molar-refractivity contribution < 1.29 is 28.8 Å². The van der Waals surface area contributed by atoms with Crippen molar-refractivity contribution in [1.29, 1.82) is 0 Å². The lowest BCUT2D eigenvalue weighted by atomic mass is 9.85. The highest BCUT2D eigenvalue weighted by molar-refractivity contribution is 6.38. The highest BCUT2D eigenvalue weighted by atomic mass is 16.2. The van der Waals surface area contributed by atoms with Crippen LogP contribution in [0.5, 0.6) is 0 Å². The van der Waals surface area contributed by atoms with Crippen LogP contribution in [0.1, 0.15) is 60.3 Å². The van der Waals surface area contributed by atoms with Crippen molar-refractivity contribution in [3.63, 3.8) is 0 Å². The lowest BCUT2D eigenvalue weighted by Gasteiger charge is -2.35. The summed E-state index contributed by atoms with van der Waals surface area (Å²) in [6, 6.07) is -3.56. The van der Waals surface area contributed by atoms with Gasteiger partial charge in [-0.15, -0.1) is 6.58 Å². The van der Waals surface area contributed by atoms with Gasteiger partial charge in [-0.3, -0.25) is 24.0 Å². The maximum Gasteiger partial charge on any atom is 0.315 e. The Kier molecular flexibility index (Phi) is 13.1. The van der Waals surface area contributed by atoms with Gasteiger partial charge in [0.25, 0.3) is 5.91 Å². The van der Waals surface area contributed by atoms with E-state index in [1.54, 1.807) is 34.9 Å². The standard InChI is InChI=1S/C27H46N6O6/c1-9-12-18(21(35)24(37)28-13-10-2)30-23(36)19-14-17(11-3)16-33(19)25(38)22(27(4,5)6)31-26(39)29-15-20(34)32(7)8/h10,17-19,22H,2,9,11-16H2,1,3-8H3,(H,28,37)(H,30,36)(H2,29,31,39)/t17-,18?,19+,22-/m1/s1. The quantitative estimate of drug-likeness (QED) is 0.194. The third-order valence-electron chi connectivity index (χ3n) is 6.68. The maximum absolute atomic E-state index is 13.8. The number of amides is 6. The molecule has 39 heavy (non-hydrogen) atoms. The van der Waals surface area contributed by atoms with Gasteiger partial charge in [0, 0.05) is 27.2 Å². The van der Waals surface area contributed by atoms with Crippen molar-refractivity contribution >= 4 is 35.4 Å². The molecule has 0 aromatic carbocycles. The number of nitrogens with one attached hydrogen (secondary N) is 4. The normalized spacial score (nSPS) is 18.4. The molecule has 0 aromatic heterocycles. The molecular formula is C27H46N6O6. The molecule has 1 saturated heterocycles. The first-order chi connectivity index (χ1) is 18.2. The van der Waals surface area contributed by atoms with Crippen molar-refractivity contribution in [2.75, 3.05) is 33.7 Å². The van der Waals surface area contributed by atoms with Gasteiger partial charge in [-0.05, 0) is 24.2 Å². The fourth-order valence-electron chi connectivity index (χ4n) is 4.26. The predicted octanol–water partition coefficient (Wildman–Crippen LogP) is 0.572. The minimum atomic E-state index is -1.03. The second-order valence-electron chi connectivity index (χ2n) is 11.1. The summed E-state index contributed by atoms with van der Waals surface area (Å²) in [5, 5.41) is 10.3. The average Bonchev–Trinajstić information content (AvgIpc) is 3.31. The zero-order valence-corrected chi connectivity index (χ0v) is 24.4. The molecule has 0 spiro atoms. The van der Waals surface area contributed by atoms with E-state index in [9.17, 15) is 28.8 Å². The Morgan fingerprint density at radius 3 is 2.21 bits per heavy atom. The number of carbonyl (C=O) groups excluding carboxylic acids is 6. The topological polar surface area (TPSA) is 157 Å². The van der Waals surface area contributed by atoms with Crippen molar-refractivity contribution in [2.24, 2.45) is 11.3 Å². The summed E-state index contributed by atoms with van der Waals surface area (Å²) in [6.45, 7) is 12.9. The number of hydrogen-bond donors (Lipinski definition) is 4. The Labute approximate surface area is 231 Å². The van der Waals surface area contributed by atoms with Crippen LogP contribution in [0.4, 0.5) is 4.79 Å². The minimum Gasteiger partial charge on any atom is -0.347 e. The second-order valence-corrected chi connectivity index (χ2v) is 11.1. The second kappa shape index (κ2) is 15.2. The number of ketones is 1. The molecule has 4 atom stereocenters. The molecule has 0 saturated carbocycles. The number of likely N-dealkylation sites (tertiary alicyclic amines) is 1. The van der Waals surface area contributed by atoms with E-state index in [4.69, 9.17) is 0 Å². The van der Waals surface area contributed by atoms with Gasteiger partial charge in [0.15, 0.2) is 0 Å². The molecule has 0 aromatic rings. The average molecular weight is 551 g/mol. The first-order valence-electron chi connectivity index (χ1n) is 13.5. The number of rotatable bonds is 13. The van der Waals surface area contributed by atoms with E-state index in [1.807, 2.05) is 13.8 Å². The number of Topliss-reactive ketones (excluding diaryl/α,β-unsaturated/α-hetero) is 1. The van der Waals surface area contributed by atoms with E-state index in [-0.39, 0.29) is 31.3 Å². The van der Waals surface area contributed by atoms with Crippen molar-refractivity contribution in [3.8, 4) is 0 Å². The van der Waals surface area contributed by atoms with Crippen LogP contribution in [-0.2, 0) is 24.0 Å². The summed E-state index contributed by atoms with van der Waals surface area (Å²) in [4.78, 5) is 79.4. The molecule has 220 valence electrons. The largest absolute Gasteiger partial charge is 0.347 e. The van der Waals surface area contributed by atoms with Crippen molar-refractivity contribution in [1.82, 2.24) is 31.1 Å². The van der Waals surface area contributed by atoms with Crippen LogP contribution in [0.25, 0.3) is 0 Å². The van der Waals surface area contributed by atoms with Gasteiger partial charge in [-0.1, -0.05) is 53.5 Å². The van der Waals surface area contributed by atoms with Crippen molar-refractivity contribution in [3.05, 3.63) is 12.7 Å². The summed E-state index contributed by atoms with van der Waals surface area (Å²) < 4.78 is 0. The van der Waals surface area contributed by atoms with E-state index < -0.39 is 53.1 Å². The van der Waals surface area contributed by atoms with E-state index in [0.29, 0.717) is 19.4 Å². The van der Waals surface area contributed by atoms with E-state index in [1.165, 1.54) is 15.9 Å². The first-order valence-corrected chi connectivity index (χ1v) is 13.5. The number of hydrogen-bond acceptors (Lipinski definition) is 6. The lowest BCUT2D eigenvalue weighted by Crippen LogP contribution is -2.60. The van der Waals surface area contributed by atoms with Crippen LogP contribution < -0.4 is 21.3 Å². The molecule has 12 heteroatoms. The molecule has 6 amide bonds. The summed E-state index contributed by atoms with van der Waals surface area (Å²) in [5.41, 5.74) is -0.713.